The zero-order chi connectivity index (χ0) is 39.0. The molecule has 1 aromatic carbocycles. The molecule has 0 amide bonds. The van der Waals surface area contributed by atoms with Crippen LogP contribution < -0.4 is 14.4 Å². The number of nitrogens with zero attached hydrogens (tertiary/aromatic N) is 3. The van der Waals surface area contributed by atoms with Crippen molar-refractivity contribution in [2.45, 2.75) is 103 Å². The molecule has 3 aliphatic rings. The van der Waals surface area contributed by atoms with E-state index < -0.39 is 54.9 Å². The smallest absolute Gasteiger partial charge is 0.265 e. The first kappa shape index (κ1) is 40.4. The molecule has 0 unspecified atom stereocenters. The van der Waals surface area contributed by atoms with Crippen LogP contribution in [0.3, 0.4) is 0 Å². The van der Waals surface area contributed by atoms with Crippen LogP contribution in [0.1, 0.15) is 105 Å². The molecule has 0 saturated carbocycles. The molecule has 53 heavy (non-hydrogen) atoms. The second-order valence-electron chi connectivity index (χ2n) is 16.3. The van der Waals surface area contributed by atoms with E-state index in [1.165, 1.54) is 6.07 Å². The number of aliphatic hydroxyl groups is 1. The number of carbonyl (C=O) groups is 2. The SMILES string of the molecule is C=CCN(CC=C)c1cc(F)c2c(c1OCCCC)C(=O)C1=C(O)[C@]3(O[Si](C)(C)C(C)(C)C)C(=O)c4c(OCCCC)noc4[C@@H](N(C)C)[C@@H]3C[C@@H]1C2. The first-order valence-corrected chi connectivity index (χ1v) is 21.9. The van der Waals surface area contributed by atoms with Crippen molar-refractivity contribution in [1.29, 1.82) is 0 Å². The van der Waals surface area contributed by atoms with Crippen molar-refractivity contribution >= 4 is 25.6 Å². The third-order valence-corrected chi connectivity index (χ3v) is 16.0. The summed E-state index contributed by atoms with van der Waals surface area (Å²) in [7, 11) is 0.859. The van der Waals surface area contributed by atoms with E-state index in [2.05, 4.69) is 39.1 Å². The minimum absolute atomic E-state index is 0.0463. The summed E-state index contributed by atoms with van der Waals surface area (Å²) in [4.78, 5) is 34.3. The van der Waals surface area contributed by atoms with Gasteiger partial charge in [-0.05, 0) is 69.0 Å². The second kappa shape index (κ2) is 15.5. The van der Waals surface area contributed by atoms with Crippen LogP contribution in [0.5, 0.6) is 11.6 Å². The predicted molar refractivity (Wildman–Crippen MR) is 207 cm³/mol. The highest BCUT2D eigenvalue weighted by atomic mass is 28.4. The van der Waals surface area contributed by atoms with Crippen molar-refractivity contribution in [3.8, 4) is 11.6 Å². The van der Waals surface area contributed by atoms with Crippen molar-refractivity contribution in [1.82, 2.24) is 10.1 Å². The average molecular weight is 752 g/mol. The highest BCUT2D eigenvalue weighted by molar-refractivity contribution is 6.74. The number of allylic oxidation sites excluding steroid dienone is 1. The Hall–Kier alpha value is -3.74. The minimum atomic E-state index is -2.89. The number of carbonyl (C=O) groups excluding carboxylic acids is 2. The fraction of sp³-hybridized carbons (Fsp3) is 0.585. The number of ether oxygens (including phenoxy) is 2. The van der Waals surface area contributed by atoms with Crippen molar-refractivity contribution in [2.24, 2.45) is 11.8 Å². The molecule has 0 saturated heterocycles. The van der Waals surface area contributed by atoms with E-state index in [4.69, 9.17) is 18.4 Å². The van der Waals surface area contributed by atoms with Gasteiger partial charge in [0.1, 0.15) is 17.1 Å². The van der Waals surface area contributed by atoms with E-state index in [0.29, 0.717) is 44.2 Å². The van der Waals surface area contributed by atoms with Crippen LogP contribution in [-0.2, 0) is 10.8 Å². The van der Waals surface area contributed by atoms with Crippen LogP contribution in [0.25, 0.3) is 0 Å². The van der Waals surface area contributed by atoms with E-state index in [0.717, 1.165) is 19.3 Å². The fourth-order valence-electron chi connectivity index (χ4n) is 7.82. The van der Waals surface area contributed by atoms with Crippen LogP contribution >= 0.6 is 0 Å². The molecule has 3 aliphatic carbocycles. The third-order valence-electron chi connectivity index (χ3n) is 11.5. The monoisotopic (exact) mass is 751 g/mol. The minimum Gasteiger partial charge on any atom is -0.508 e. The number of ketones is 2. The molecule has 2 aromatic rings. The predicted octanol–water partition coefficient (Wildman–Crippen LogP) is 8.80. The number of hydrogen-bond acceptors (Lipinski definition) is 10. The van der Waals surface area contributed by atoms with Crippen molar-refractivity contribution in [3.63, 3.8) is 0 Å². The number of unbranched alkanes of at least 4 members (excludes halogenated alkanes) is 2. The number of aromatic nitrogens is 1. The average Bonchev–Trinajstić information content (AvgIpc) is 3.49. The van der Waals surface area contributed by atoms with E-state index >= 15 is 14.0 Å². The topological polar surface area (TPSA) is 115 Å². The highest BCUT2D eigenvalue weighted by Gasteiger charge is 2.67. The van der Waals surface area contributed by atoms with Gasteiger partial charge in [-0.3, -0.25) is 14.5 Å². The summed E-state index contributed by atoms with van der Waals surface area (Å²) >= 11 is 0. The number of aliphatic hydroxyl groups excluding tert-OH is 1. The molecule has 5 rings (SSSR count). The highest BCUT2D eigenvalue weighted by Crippen LogP contribution is 2.60. The number of fused-ring (bicyclic) bond motifs is 4. The maximum atomic E-state index is 16.4. The molecule has 0 bridgehead atoms. The summed E-state index contributed by atoms with van der Waals surface area (Å²) < 4.78 is 42.0. The van der Waals surface area contributed by atoms with Gasteiger partial charge in [0.2, 0.25) is 5.78 Å². The van der Waals surface area contributed by atoms with Gasteiger partial charge in [-0.2, -0.15) is 0 Å². The molecule has 0 radical (unpaired) electrons. The molecule has 290 valence electrons. The lowest BCUT2D eigenvalue weighted by atomic mass is 9.58. The number of Topliss-reactive ketones (excluding diaryl/α,β-unsaturated/α-hetero) is 2. The number of rotatable bonds is 16. The number of halogens is 1. The normalized spacial score (nSPS) is 22.6. The largest absolute Gasteiger partial charge is 0.508 e. The molecular weight excluding hydrogens is 694 g/mol. The van der Waals surface area contributed by atoms with Gasteiger partial charge in [0.25, 0.3) is 5.88 Å². The van der Waals surface area contributed by atoms with Crippen molar-refractivity contribution < 1.29 is 37.5 Å². The summed E-state index contributed by atoms with van der Waals surface area (Å²) in [6, 6.07) is 0.839. The Labute approximate surface area is 315 Å². The molecule has 1 N–H and O–H groups in total. The summed E-state index contributed by atoms with van der Waals surface area (Å²) in [6.07, 6.45) is 6.93. The molecule has 0 spiro atoms. The van der Waals surface area contributed by atoms with Crippen LogP contribution in [0.15, 0.2) is 47.2 Å². The standard InChI is InChI=1S/C41H58FN3O7Si/c1-12-16-20-49-35-29(45(18-14-3)19-15-4)24-28(42)26-22-25-23-27-33(44(8)9)36-32(39(43-51-36)50-21-17-13-2)38(48)41(27,52-53(10,11)40(5,6)7)37(47)30(25)34(46)31(26)35/h14-15,24-25,27,33,47H,3-4,12-13,16-23H2,1-2,5-11H3/t25-,27-,33-,41-/m0/s1. The second-order valence-corrected chi connectivity index (χ2v) is 21.1. The molecule has 1 aromatic heterocycles. The summed E-state index contributed by atoms with van der Waals surface area (Å²) in [6.45, 7) is 23.4. The van der Waals surface area contributed by atoms with Crippen LogP contribution in [0.2, 0.25) is 18.1 Å². The Bertz CT molecular complexity index is 1770. The van der Waals surface area contributed by atoms with Gasteiger partial charge in [-0.1, -0.05) is 59.6 Å². The lowest BCUT2D eigenvalue weighted by molar-refractivity contribution is -0.0481. The maximum Gasteiger partial charge on any atom is 0.265 e. The molecule has 0 aliphatic heterocycles. The molecule has 4 atom stereocenters. The third kappa shape index (κ3) is 6.91. The maximum absolute atomic E-state index is 16.4. The Balaban J connectivity index is 1.81. The van der Waals surface area contributed by atoms with Gasteiger partial charge in [0.15, 0.2) is 31.2 Å². The lowest BCUT2D eigenvalue weighted by Crippen LogP contribution is -2.65. The van der Waals surface area contributed by atoms with Gasteiger partial charge in [0, 0.05) is 36.2 Å². The van der Waals surface area contributed by atoms with E-state index in [-0.39, 0.29) is 51.8 Å². The quantitative estimate of drug-likeness (QED) is 0.101. The van der Waals surface area contributed by atoms with Gasteiger partial charge in [-0.15, -0.1) is 13.2 Å². The lowest BCUT2D eigenvalue weighted by Gasteiger charge is -2.55. The summed E-state index contributed by atoms with van der Waals surface area (Å²) in [5.74, 6) is -2.77. The number of hydrogen-bond donors (Lipinski definition) is 1. The number of anilines is 1. The Kier molecular flexibility index (Phi) is 11.9. The number of benzene rings is 1. The van der Waals surface area contributed by atoms with Gasteiger partial charge >= 0.3 is 0 Å². The summed E-state index contributed by atoms with van der Waals surface area (Å²) in [5.41, 5.74) is -1.09. The zero-order valence-corrected chi connectivity index (χ0v) is 34.1. The first-order valence-electron chi connectivity index (χ1n) is 19.0. The van der Waals surface area contributed by atoms with Gasteiger partial charge in [-0.25, -0.2) is 4.39 Å². The molecule has 1 heterocycles. The van der Waals surface area contributed by atoms with Crippen LogP contribution in [0.4, 0.5) is 10.1 Å². The van der Waals surface area contributed by atoms with E-state index in [9.17, 15) is 5.11 Å². The van der Waals surface area contributed by atoms with Gasteiger partial charge < -0.3 is 28.4 Å². The van der Waals surface area contributed by atoms with Crippen molar-refractivity contribution in [2.75, 3.05) is 45.3 Å². The molecule has 0 fully saturated rings. The fourth-order valence-corrected chi connectivity index (χ4v) is 9.28. The Morgan fingerprint density at radius 2 is 1.70 bits per heavy atom. The first-order chi connectivity index (χ1) is 25.0. The van der Waals surface area contributed by atoms with Gasteiger partial charge in [0.05, 0.1) is 30.5 Å². The summed E-state index contributed by atoms with van der Waals surface area (Å²) in [5, 5.41) is 16.7. The van der Waals surface area contributed by atoms with E-state index in [1.54, 1.807) is 12.2 Å². The Morgan fingerprint density at radius 1 is 1.08 bits per heavy atom. The zero-order valence-electron chi connectivity index (χ0n) is 33.1. The van der Waals surface area contributed by atoms with Crippen molar-refractivity contribution in [3.05, 3.63) is 71.0 Å². The van der Waals surface area contributed by atoms with E-state index in [1.807, 2.05) is 50.8 Å². The Morgan fingerprint density at radius 3 is 2.26 bits per heavy atom. The van der Waals surface area contributed by atoms with Crippen LogP contribution in [-0.4, -0.2) is 81.0 Å². The molecule has 12 heteroatoms. The molecule has 10 nitrogen and oxygen atoms in total. The van der Waals surface area contributed by atoms with Crippen LogP contribution in [0, 0.1) is 17.7 Å². The molecular formula is C41H58FN3O7Si.